The lowest BCUT2D eigenvalue weighted by atomic mass is 9.90. The first-order chi connectivity index (χ1) is 13.9. The number of hydrogen-bond donors (Lipinski definition) is 1. The van der Waals surface area contributed by atoms with Gasteiger partial charge in [-0.1, -0.05) is 25.4 Å². The molecule has 1 fully saturated rings. The standard InChI is InChI=1S/C22H26ClN5O/c1-14(2)20-10-11-21(27-26-20)22(29)25-16-5-8-17(9-6-16)28(3)18-7-4-15(13-24)19(23)12-18/h4,7,10-12,14,16-17H,5-6,8-9H2,1-3H3,(H,25,29)/t16-,17-. The van der Waals surface area contributed by atoms with Gasteiger partial charge in [0.05, 0.1) is 16.3 Å². The number of aromatic nitrogens is 2. The summed E-state index contributed by atoms with van der Waals surface area (Å²) < 4.78 is 0. The van der Waals surface area contributed by atoms with E-state index in [1.54, 1.807) is 12.1 Å². The van der Waals surface area contributed by atoms with Gasteiger partial charge in [0, 0.05) is 24.8 Å². The van der Waals surface area contributed by atoms with Crippen LogP contribution in [0, 0.1) is 11.3 Å². The summed E-state index contributed by atoms with van der Waals surface area (Å²) in [6.07, 6.45) is 3.75. The molecule has 0 atom stereocenters. The highest BCUT2D eigenvalue weighted by Gasteiger charge is 2.26. The number of anilines is 1. The zero-order valence-electron chi connectivity index (χ0n) is 17.0. The van der Waals surface area contributed by atoms with Gasteiger partial charge in [-0.3, -0.25) is 4.79 Å². The number of amides is 1. The van der Waals surface area contributed by atoms with Gasteiger partial charge in [-0.25, -0.2) is 0 Å². The number of nitrogens with one attached hydrogen (secondary N) is 1. The molecule has 152 valence electrons. The molecule has 0 unspecified atom stereocenters. The molecule has 1 aromatic heterocycles. The minimum atomic E-state index is -0.163. The number of hydrogen-bond acceptors (Lipinski definition) is 5. The maximum absolute atomic E-state index is 12.5. The Balaban J connectivity index is 1.54. The second-order valence-corrected chi connectivity index (χ2v) is 8.27. The van der Waals surface area contributed by atoms with Crippen molar-refractivity contribution in [1.29, 1.82) is 5.26 Å². The average Bonchev–Trinajstić information content (AvgIpc) is 2.73. The molecule has 0 spiro atoms. The molecule has 1 aromatic carbocycles. The first kappa shape index (κ1) is 21.1. The van der Waals surface area contributed by atoms with Crippen molar-refractivity contribution in [3.63, 3.8) is 0 Å². The Morgan fingerprint density at radius 3 is 2.48 bits per heavy atom. The molecule has 29 heavy (non-hydrogen) atoms. The van der Waals surface area contributed by atoms with Crippen LogP contribution in [-0.4, -0.2) is 35.2 Å². The maximum Gasteiger partial charge on any atom is 0.272 e. The summed E-state index contributed by atoms with van der Waals surface area (Å²) in [6, 6.07) is 11.7. The van der Waals surface area contributed by atoms with Gasteiger partial charge in [0.15, 0.2) is 5.69 Å². The van der Waals surface area contributed by atoms with Crippen molar-refractivity contribution in [2.75, 3.05) is 11.9 Å². The van der Waals surface area contributed by atoms with Crippen LogP contribution in [0.3, 0.4) is 0 Å². The highest BCUT2D eigenvalue weighted by atomic mass is 35.5. The topological polar surface area (TPSA) is 81.9 Å². The summed E-state index contributed by atoms with van der Waals surface area (Å²) in [7, 11) is 2.05. The smallest absolute Gasteiger partial charge is 0.272 e. The van der Waals surface area contributed by atoms with Crippen LogP contribution in [0.25, 0.3) is 0 Å². The molecule has 0 bridgehead atoms. The van der Waals surface area contributed by atoms with E-state index in [-0.39, 0.29) is 17.9 Å². The molecule has 6 nitrogen and oxygen atoms in total. The molecule has 1 aliphatic rings. The lowest BCUT2D eigenvalue weighted by Gasteiger charge is -2.36. The van der Waals surface area contributed by atoms with Gasteiger partial charge in [0.1, 0.15) is 6.07 Å². The van der Waals surface area contributed by atoms with Crippen molar-refractivity contribution < 1.29 is 4.79 Å². The Bertz CT molecular complexity index is 898. The average molecular weight is 412 g/mol. The number of carbonyl (C=O) groups excluding carboxylic acids is 1. The molecular formula is C22H26ClN5O. The molecule has 1 N–H and O–H groups in total. The number of halogens is 1. The molecule has 7 heteroatoms. The van der Waals surface area contributed by atoms with E-state index in [1.165, 1.54) is 0 Å². The molecule has 0 radical (unpaired) electrons. The van der Waals surface area contributed by atoms with Crippen LogP contribution in [0.4, 0.5) is 5.69 Å². The third-order valence-electron chi connectivity index (χ3n) is 5.57. The molecular weight excluding hydrogens is 386 g/mol. The Morgan fingerprint density at radius 2 is 1.93 bits per heavy atom. The zero-order valence-corrected chi connectivity index (χ0v) is 17.8. The largest absolute Gasteiger partial charge is 0.372 e. The number of nitriles is 1. The zero-order chi connectivity index (χ0) is 21.0. The molecule has 0 saturated heterocycles. The second-order valence-electron chi connectivity index (χ2n) is 7.86. The molecule has 1 saturated carbocycles. The number of benzene rings is 1. The summed E-state index contributed by atoms with van der Waals surface area (Å²) in [5, 5.41) is 20.8. The Kier molecular flexibility index (Phi) is 6.71. The molecule has 3 rings (SSSR count). The van der Waals surface area contributed by atoms with E-state index in [4.69, 9.17) is 16.9 Å². The van der Waals surface area contributed by atoms with E-state index in [9.17, 15) is 4.79 Å². The van der Waals surface area contributed by atoms with Crippen LogP contribution in [0.15, 0.2) is 30.3 Å². The molecule has 2 aromatic rings. The number of carbonyl (C=O) groups is 1. The quantitative estimate of drug-likeness (QED) is 0.792. The van der Waals surface area contributed by atoms with Crippen molar-refractivity contribution in [3.05, 3.63) is 52.3 Å². The van der Waals surface area contributed by atoms with E-state index in [0.29, 0.717) is 22.3 Å². The van der Waals surface area contributed by atoms with Crippen LogP contribution in [-0.2, 0) is 0 Å². The molecule has 0 aliphatic heterocycles. The third kappa shape index (κ3) is 5.04. The number of nitrogens with zero attached hydrogens (tertiary/aromatic N) is 4. The van der Waals surface area contributed by atoms with Crippen LogP contribution in [0.2, 0.25) is 5.02 Å². The van der Waals surface area contributed by atoms with Crippen molar-refractivity contribution in [2.24, 2.45) is 0 Å². The Morgan fingerprint density at radius 1 is 1.21 bits per heavy atom. The predicted octanol–water partition coefficient (Wildman–Crippen LogP) is 4.30. The normalized spacial score (nSPS) is 18.9. The van der Waals surface area contributed by atoms with Gasteiger partial charge < -0.3 is 10.2 Å². The molecule has 1 aliphatic carbocycles. The van der Waals surface area contributed by atoms with Crippen LogP contribution < -0.4 is 10.2 Å². The summed E-state index contributed by atoms with van der Waals surface area (Å²) in [4.78, 5) is 14.7. The third-order valence-corrected chi connectivity index (χ3v) is 5.88. The lowest BCUT2D eigenvalue weighted by molar-refractivity contribution is 0.0919. The van der Waals surface area contributed by atoms with Crippen molar-refractivity contribution >= 4 is 23.2 Å². The van der Waals surface area contributed by atoms with Crippen molar-refractivity contribution in [3.8, 4) is 6.07 Å². The van der Waals surface area contributed by atoms with Gasteiger partial charge in [-0.15, -0.1) is 5.10 Å². The van der Waals surface area contributed by atoms with Crippen molar-refractivity contribution in [2.45, 2.75) is 57.5 Å². The molecule has 1 amide bonds. The van der Waals surface area contributed by atoms with E-state index < -0.39 is 0 Å². The maximum atomic E-state index is 12.5. The fourth-order valence-corrected chi connectivity index (χ4v) is 3.88. The lowest BCUT2D eigenvalue weighted by Crippen LogP contribution is -2.43. The van der Waals surface area contributed by atoms with E-state index in [1.807, 2.05) is 39.1 Å². The fourth-order valence-electron chi connectivity index (χ4n) is 3.66. The van der Waals surface area contributed by atoms with Gasteiger partial charge in [-0.2, -0.15) is 10.4 Å². The summed E-state index contributed by atoms with van der Waals surface area (Å²) in [5.74, 6) is 0.126. The van der Waals surface area contributed by atoms with Crippen LogP contribution in [0.5, 0.6) is 0 Å². The van der Waals surface area contributed by atoms with E-state index in [2.05, 4.69) is 26.5 Å². The highest BCUT2D eigenvalue weighted by molar-refractivity contribution is 6.32. The van der Waals surface area contributed by atoms with Gasteiger partial charge in [0.25, 0.3) is 5.91 Å². The predicted molar refractivity (Wildman–Crippen MR) is 114 cm³/mol. The SMILES string of the molecule is CC(C)c1ccc(C(=O)N[C@H]2CC[C@H](N(C)c3ccc(C#N)c(Cl)c3)CC2)nn1. The second kappa shape index (κ2) is 9.23. The first-order valence-electron chi connectivity index (χ1n) is 9.96. The van der Waals surface area contributed by atoms with Crippen LogP contribution >= 0.6 is 11.6 Å². The Labute approximate surface area is 176 Å². The highest BCUT2D eigenvalue weighted by Crippen LogP contribution is 2.29. The van der Waals surface area contributed by atoms with Gasteiger partial charge >= 0.3 is 0 Å². The Hall–Kier alpha value is -2.65. The van der Waals surface area contributed by atoms with Crippen molar-refractivity contribution in [1.82, 2.24) is 15.5 Å². The summed E-state index contributed by atoms with van der Waals surface area (Å²) in [5.41, 5.74) is 2.73. The monoisotopic (exact) mass is 411 g/mol. The first-order valence-corrected chi connectivity index (χ1v) is 10.3. The summed E-state index contributed by atoms with van der Waals surface area (Å²) in [6.45, 7) is 4.09. The van der Waals surface area contributed by atoms with Gasteiger partial charge in [-0.05, 0) is 61.9 Å². The van der Waals surface area contributed by atoms with E-state index in [0.717, 1.165) is 37.1 Å². The number of rotatable bonds is 5. The van der Waals surface area contributed by atoms with Gasteiger partial charge in [0.2, 0.25) is 0 Å². The molecule has 1 heterocycles. The fraction of sp³-hybridized carbons (Fsp3) is 0.455. The minimum absolute atomic E-state index is 0.142. The van der Waals surface area contributed by atoms with Crippen LogP contribution in [0.1, 0.15) is 67.2 Å². The van der Waals surface area contributed by atoms with E-state index >= 15 is 0 Å². The summed E-state index contributed by atoms with van der Waals surface area (Å²) >= 11 is 6.17. The minimum Gasteiger partial charge on any atom is -0.372 e.